The van der Waals surface area contributed by atoms with Crippen molar-refractivity contribution in [2.75, 3.05) is 0 Å². The van der Waals surface area contributed by atoms with Crippen LogP contribution in [0.25, 0.3) is 11.1 Å². The van der Waals surface area contributed by atoms with Gasteiger partial charge in [-0.05, 0) is 80.3 Å². The van der Waals surface area contributed by atoms with Crippen molar-refractivity contribution in [3.63, 3.8) is 0 Å². The van der Waals surface area contributed by atoms with E-state index in [9.17, 15) is 23.1 Å². The first-order valence-corrected chi connectivity index (χ1v) is 12.9. The van der Waals surface area contributed by atoms with Gasteiger partial charge in [-0.15, -0.1) is 11.3 Å². The average Bonchev–Trinajstić information content (AvgIpc) is 3.12. The van der Waals surface area contributed by atoms with E-state index in [1.807, 2.05) is 38.1 Å². The molecule has 1 amide bonds. The van der Waals surface area contributed by atoms with Gasteiger partial charge in [-0.1, -0.05) is 43.0 Å². The number of aryl methyl sites for hydroxylation is 2. The molecule has 7 heteroatoms. The van der Waals surface area contributed by atoms with Gasteiger partial charge in [-0.25, -0.2) is 0 Å². The number of aliphatic hydroxyl groups is 1. The zero-order valence-corrected chi connectivity index (χ0v) is 21.2. The molecule has 2 N–H and O–H groups in total. The van der Waals surface area contributed by atoms with E-state index >= 15 is 0 Å². The predicted molar refractivity (Wildman–Crippen MR) is 138 cm³/mol. The van der Waals surface area contributed by atoms with E-state index in [1.54, 1.807) is 17.4 Å². The predicted octanol–water partition coefficient (Wildman–Crippen LogP) is 8.00. The van der Waals surface area contributed by atoms with Gasteiger partial charge in [0.2, 0.25) is 0 Å². The van der Waals surface area contributed by atoms with Crippen molar-refractivity contribution in [2.45, 2.75) is 58.2 Å². The third-order valence-corrected chi connectivity index (χ3v) is 8.07. The summed E-state index contributed by atoms with van der Waals surface area (Å²) in [4.78, 5) is 15.3. The summed E-state index contributed by atoms with van der Waals surface area (Å²) < 4.78 is 39.3. The molecule has 4 rings (SSSR count). The Kier molecular flexibility index (Phi) is 7.59. The monoisotopic (exact) mass is 513 g/mol. The lowest BCUT2D eigenvalue weighted by Crippen LogP contribution is -2.38. The minimum absolute atomic E-state index is 0.0706. The summed E-state index contributed by atoms with van der Waals surface area (Å²) in [5.41, 5.74) is 3.25. The Morgan fingerprint density at radius 2 is 1.69 bits per heavy atom. The number of nitrogens with one attached hydrogen (secondary N) is 1. The summed E-state index contributed by atoms with van der Waals surface area (Å²) in [6.07, 6.45) is -0.568. The molecule has 0 bridgehead atoms. The van der Waals surface area contributed by atoms with Crippen molar-refractivity contribution < 1.29 is 23.1 Å². The molecule has 1 aliphatic carbocycles. The Bertz CT molecular complexity index is 1250. The quantitative estimate of drug-likeness (QED) is 0.328. The average molecular weight is 514 g/mol. The summed E-state index contributed by atoms with van der Waals surface area (Å²) in [6, 6.07) is 12.9. The van der Waals surface area contributed by atoms with Crippen molar-refractivity contribution in [3.8, 4) is 11.1 Å². The summed E-state index contributed by atoms with van der Waals surface area (Å²) >= 11 is 1.60. The smallest absolute Gasteiger partial charge is 0.416 e. The van der Waals surface area contributed by atoms with Gasteiger partial charge in [-0.2, -0.15) is 13.2 Å². The molecule has 3 aromatic rings. The number of rotatable bonds is 6. The fraction of sp³-hybridized carbons (Fsp3) is 0.345. The van der Waals surface area contributed by atoms with E-state index < -0.39 is 11.7 Å². The van der Waals surface area contributed by atoms with E-state index in [-0.39, 0.29) is 23.6 Å². The number of halogens is 3. The molecule has 0 atom stereocenters. The van der Waals surface area contributed by atoms with Crippen molar-refractivity contribution in [1.82, 2.24) is 5.32 Å². The first-order chi connectivity index (χ1) is 17.0. The van der Waals surface area contributed by atoms with E-state index in [0.717, 1.165) is 58.7 Å². The first kappa shape index (κ1) is 26.0. The number of alkyl halides is 3. The number of carbonyl (C=O) groups is 1. The maximum absolute atomic E-state index is 13.3. The highest BCUT2D eigenvalue weighted by atomic mass is 32.1. The van der Waals surface area contributed by atoms with Gasteiger partial charge in [0.1, 0.15) is 0 Å². The van der Waals surface area contributed by atoms with E-state index in [4.69, 9.17) is 0 Å². The summed E-state index contributed by atoms with van der Waals surface area (Å²) in [5.74, 6) is 0.266. The molecule has 0 spiro atoms. The molecule has 1 fully saturated rings. The second kappa shape index (κ2) is 10.5. The number of aliphatic hydroxyl groups excluding tert-OH is 1. The standard InChI is InChI=1S/C29H30F3NO2S/c1-17(34)21-11-13-25(14-12-21)33-28(35)27-19(3)36-18(2)26(27)15-20-7-9-22(10-8-20)23-5-4-6-24(16-23)29(30,31)32/h4-10,16,21,25,34H,1,11-15H2,2-3H3,(H,33,35). The van der Waals surface area contributed by atoms with E-state index in [2.05, 4.69) is 11.9 Å². The molecule has 0 radical (unpaired) electrons. The lowest BCUT2D eigenvalue weighted by molar-refractivity contribution is -0.137. The van der Waals surface area contributed by atoms with Gasteiger partial charge in [0.15, 0.2) is 0 Å². The van der Waals surface area contributed by atoms with Gasteiger partial charge in [0, 0.05) is 21.7 Å². The summed E-state index contributed by atoms with van der Waals surface area (Å²) in [5, 5.41) is 12.8. The highest BCUT2D eigenvalue weighted by Gasteiger charge is 2.30. The van der Waals surface area contributed by atoms with Gasteiger partial charge >= 0.3 is 6.18 Å². The Morgan fingerprint density at radius 3 is 2.31 bits per heavy atom. The molecule has 0 saturated heterocycles. The maximum atomic E-state index is 13.3. The fourth-order valence-electron chi connectivity index (χ4n) is 4.96. The van der Waals surface area contributed by atoms with Crippen LogP contribution in [0, 0.1) is 19.8 Å². The third kappa shape index (κ3) is 5.84. The molecular formula is C29H30F3NO2S. The van der Waals surface area contributed by atoms with Crippen LogP contribution in [0.5, 0.6) is 0 Å². The van der Waals surface area contributed by atoms with Crippen LogP contribution in [-0.2, 0) is 12.6 Å². The lowest BCUT2D eigenvalue weighted by Gasteiger charge is -2.28. The number of hydrogen-bond donors (Lipinski definition) is 2. The number of hydrogen-bond acceptors (Lipinski definition) is 3. The Morgan fingerprint density at radius 1 is 1.03 bits per heavy atom. The molecule has 0 aliphatic heterocycles. The Labute approximate surface area is 213 Å². The number of allylic oxidation sites excluding steroid dienone is 1. The molecule has 1 aliphatic rings. The summed E-state index contributed by atoms with van der Waals surface area (Å²) in [6.45, 7) is 7.61. The zero-order chi connectivity index (χ0) is 26.0. The number of amides is 1. The Hall–Kier alpha value is -3.06. The Balaban J connectivity index is 1.49. The molecule has 2 aromatic carbocycles. The van der Waals surface area contributed by atoms with Crippen LogP contribution in [0.15, 0.2) is 60.9 Å². The molecule has 1 heterocycles. The summed E-state index contributed by atoms with van der Waals surface area (Å²) in [7, 11) is 0. The van der Waals surface area contributed by atoms with Crippen molar-refractivity contribution >= 4 is 17.2 Å². The van der Waals surface area contributed by atoms with Crippen LogP contribution < -0.4 is 5.32 Å². The van der Waals surface area contributed by atoms with Crippen LogP contribution in [0.2, 0.25) is 0 Å². The van der Waals surface area contributed by atoms with Crippen LogP contribution in [0.1, 0.15) is 62.5 Å². The highest BCUT2D eigenvalue weighted by molar-refractivity contribution is 7.12. The van der Waals surface area contributed by atoms with E-state index in [1.165, 1.54) is 6.07 Å². The number of benzene rings is 2. The second-order valence-electron chi connectivity index (χ2n) is 9.53. The number of carbonyl (C=O) groups excluding carboxylic acids is 1. The zero-order valence-electron chi connectivity index (χ0n) is 20.4. The van der Waals surface area contributed by atoms with Crippen molar-refractivity contribution in [2.24, 2.45) is 5.92 Å². The molecule has 1 saturated carbocycles. The van der Waals surface area contributed by atoms with Crippen LogP contribution in [-0.4, -0.2) is 17.1 Å². The van der Waals surface area contributed by atoms with Crippen LogP contribution in [0.3, 0.4) is 0 Å². The highest BCUT2D eigenvalue weighted by Crippen LogP contribution is 2.34. The first-order valence-electron chi connectivity index (χ1n) is 12.1. The second-order valence-corrected chi connectivity index (χ2v) is 11.0. The third-order valence-electron chi connectivity index (χ3n) is 7.00. The minimum Gasteiger partial charge on any atom is -0.513 e. The normalized spacial score (nSPS) is 18.1. The molecule has 190 valence electrons. The molecule has 0 unspecified atom stereocenters. The maximum Gasteiger partial charge on any atom is 0.416 e. The van der Waals surface area contributed by atoms with Gasteiger partial charge in [-0.3, -0.25) is 4.79 Å². The minimum atomic E-state index is -4.38. The van der Waals surface area contributed by atoms with Gasteiger partial charge in [0.25, 0.3) is 5.91 Å². The topological polar surface area (TPSA) is 49.3 Å². The van der Waals surface area contributed by atoms with Gasteiger partial charge < -0.3 is 10.4 Å². The molecular weight excluding hydrogens is 483 g/mol. The number of thiophene rings is 1. The largest absolute Gasteiger partial charge is 0.513 e. The van der Waals surface area contributed by atoms with Crippen LogP contribution in [0.4, 0.5) is 13.2 Å². The fourth-order valence-corrected chi connectivity index (χ4v) is 6.04. The molecule has 36 heavy (non-hydrogen) atoms. The molecule has 1 aromatic heterocycles. The van der Waals surface area contributed by atoms with Crippen LogP contribution >= 0.6 is 11.3 Å². The van der Waals surface area contributed by atoms with Gasteiger partial charge in [0.05, 0.1) is 16.9 Å². The van der Waals surface area contributed by atoms with E-state index in [0.29, 0.717) is 23.1 Å². The van der Waals surface area contributed by atoms with Crippen molar-refractivity contribution in [3.05, 3.63) is 92.9 Å². The SMILES string of the molecule is C=C(O)C1CCC(NC(=O)c2c(C)sc(C)c2Cc2ccc(-c3cccc(C(F)(F)F)c3)cc2)CC1. The molecule has 3 nitrogen and oxygen atoms in total. The van der Waals surface area contributed by atoms with Crippen molar-refractivity contribution in [1.29, 1.82) is 0 Å². The lowest BCUT2D eigenvalue weighted by atomic mass is 9.85.